The van der Waals surface area contributed by atoms with Crippen LogP contribution in [0.15, 0.2) is 39.5 Å². The summed E-state index contributed by atoms with van der Waals surface area (Å²) in [5.74, 6) is 0.867. The quantitative estimate of drug-likeness (QED) is 0.907. The fraction of sp³-hybridized carbons (Fsp3) is 0.500. The number of nitrogens with zero attached hydrogens (tertiary/aromatic N) is 1. The largest absolute Gasteiger partial charge is 0.451 e. The molecule has 1 saturated heterocycles. The van der Waals surface area contributed by atoms with E-state index in [1.54, 1.807) is 24.3 Å². The van der Waals surface area contributed by atoms with Crippen LogP contribution in [0.4, 0.5) is 0 Å². The number of benzene rings is 1. The molecule has 1 amide bonds. The number of para-hydroxylation sites is 1. The number of carbonyl (C=O) groups excluding carboxylic acids is 1. The Hall–Kier alpha value is -2.14. The average molecular weight is 342 g/mol. The van der Waals surface area contributed by atoms with Gasteiger partial charge in [0, 0.05) is 25.7 Å². The number of rotatable bonds is 5. The molecule has 5 nitrogen and oxygen atoms in total. The first-order valence-corrected chi connectivity index (χ1v) is 9.06. The van der Waals surface area contributed by atoms with Crippen molar-refractivity contribution >= 4 is 16.9 Å². The average Bonchev–Trinajstić information content (AvgIpc) is 2.59. The number of piperidine rings is 1. The van der Waals surface area contributed by atoms with Crippen molar-refractivity contribution < 1.29 is 9.21 Å². The third-order valence-electron chi connectivity index (χ3n) is 4.64. The number of nitrogens with one attached hydrogen (secondary N) is 1. The fourth-order valence-corrected chi connectivity index (χ4v) is 3.54. The molecule has 1 aliphatic heterocycles. The maximum absolute atomic E-state index is 12.4. The van der Waals surface area contributed by atoms with Crippen molar-refractivity contribution in [3.8, 4) is 0 Å². The van der Waals surface area contributed by atoms with E-state index in [4.69, 9.17) is 4.42 Å². The van der Waals surface area contributed by atoms with Gasteiger partial charge in [-0.3, -0.25) is 9.59 Å². The second-order valence-electron chi connectivity index (χ2n) is 7.34. The van der Waals surface area contributed by atoms with Gasteiger partial charge in [-0.1, -0.05) is 26.0 Å². The summed E-state index contributed by atoms with van der Waals surface area (Å²) in [5.41, 5.74) is 0.258. The van der Waals surface area contributed by atoms with Crippen LogP contribution in [0.3, 0.4) is 0 Å². The van der Waals surface area contributed by atoms with Crippen molar-refractivity contribution in [2.45, 2.75) is 26.7 Å². The van der Waals surface area contributed by atoms with E-state index in [1.807, 2.05) is 0 Å². The van der Waals surface area contributed by atoms with Crippen LogP contribution >= 0.6 is 0 Å². The van der Waals surface area contributed by atoms with Gasteiger partial charge in [0.2, 0.25) is 0 Å². The second kappa shape index (κ2) is 7.83. The Kier molecular flexibility index (Phi) is 5.53. The van der Waals surface area contributed by atoms with E-state index in [0.29, 0.717) is 29.3 Å². The molecule has 3 rings (SSSR count). The molecule has 1 aromatic heterocycles. The molecule has 1 fully saturated rings. The standard InChI is InChI=1S/C20H26N2O3/c1-14(2)12-22-9-5-6-15(13-22)11-21-20(24)19-10-17(23)16-7-3-4-8-18(16)25-19/h3-4,7-8,10,14-15H,5-6,9,11-13H2,1-2H3,(H,21,24)/t15-/m1/s1. The molecule has 1 N–H and O–H groups in total. The first-order chi connectivity index (χ1) is 12.0. The van der Waals surface area contributed by atoms with E-state index >= 15 is 0 Å². The molecule has 1 aliphatic rings. The van der Waals surface area contributed by atoms with Gasteiger partial charge >= 0.3 is 0 Å². The lowest BCUT2D eigenvalue weighted by molar-refractivity contribution is 0.0902. The molecular formula is C20H26N2O3. The Morgan fingerprint density at radius 2 is 2.16 bits per heavy atom. The Morgan fingerprint density at radius 3 is 2.96 bits per heavy atom. The minimum absolute atomic E-state index is 0.0820. The summed E-state index contributed by atoms with van der Waals surface area (Å²) >= 11 is 0. The third-order valence-corrected chi connectivity index (χ3v) is 4.64. The molecule has 1 aromatic carbocycles. The highest BCUT2D eigenvalue weighted by molar-refractivity contribution is 5.93. The van der Waals surface area contributed by atoms with Crippen molar-refractivity contribution in [3.63, 3.8) is 0 Å². The van der Waals surface area contributed by atoms with Crippen molar-refractivity contribution in [2.24, 2.45) is 11.8 Å². The number of amides is 1. The summed E-state index contributed by atoms with van der Waals surface area (Å²) < 4.78 is 5.60. The molecule has 2 heterocycles. The summed E-state index contributed by atoms with van der Waals surface area (Å²) in [6, 6.07) is 8.26. The van der Waals surface area contributed by atoms with Crippen LogP contribution in [0.25, 0.3) is 11.0 Å². The van der Waals surface area contributed by atoms with Crippen LogP contribution in [-0.4, -0.2) is 37.0 Å². The topological polar surface area (TPSA) is 62.6 Å². The van der Waals surface area contributed by atoms with Gasteiger partial charge in [-0.05, 0) is 43.4 Å². The summed E-state index contributed by atoms with van der Waals surface area (Å²) in [5, 5.41) is 3.43. The Labute approximate surface area is 148 Å². The van der Waals surface area contributed by atoms with E-state index in [0.717, 1.165) is 32.5 Å². The number of fused-ring (bicyclic) bond motifs is 1. The molecular weight excluding hydrogens is 316 g/mol. The van der Waals surface area contributed by atoms with Crippen LogP contribution in [0.5, 0.6) is 0 Å². The first kappa shape index (κ1) is 17.7. The lowest BCUT2D eigenvalue weighted by Gasteiger charge is -2.33. The van der Waals surface area contributed by atoms with Gasteiger partial charge in [-0.15, -0.1) is 0 Å². The van der Waals surface area contributed by atoms with Gasteiger partial charge < -0.3 is 14.6 Å². The van der Waals surface area contributed by atoms with E-state index in [-0.39, 0.29) is 17.1 Å². The van der Waals surface area contributed by atoms with E-state index in [1.165, 1.54) is 6.07 Å². The molecule has 0 bridgehead atoms. The minimum Gasteiger partial charge on any atom is -0.451 e. The smallest absolute Gasteiger partial charge is 0.287 e. The number of likely N-dealkylation sites (tertiary alicyclic amines) is 1. The Morgan fingerprint density at radius 1 is 1.36 bits per heavy atom. The van der Waals surface area contributed by atoms with Crippen molar-refractivity contribution in [2.75, 3.05) is 26.2 Å². The van der Waals surface area contributed by atoms with Crippen LogP contribution < -0.4 is 10.7 Å². The predicted molar refractivity (Wildman–Crippen MR) is 98.8 cm³/mol. The van der Waals surface area contributed by atoms with Gasteiger partial charge in [0.05, 0.1) is 5.39 Å². The van der Waals surface area contributed by atoms with Gasteiger partial charge in [0.1, 0.15) is 5.58 Å². The molecule has 1 atom stereocenters. The fourth-order valence-electron chi connectivity index (χ4n) is 3.54. The molecule has 0 radical (unpaired) electrons. The summed E-state index contributed by atoms with van der Waals surface area (Å²) in [6.45, 7) is 8.33. The predicted octanol–water partition coefficient (Wildman–Crippen LogP) is 2.89. The van der Waals surface area contributed by atoms with E-state index < -0.39 is 0 Å². The van der Waals surface area contributed by atoms with Crippen molar-refractivity contribution in [1.82, 2.24) is 10.2 Å². The van der Waals surface area contributed by atoms with Gasteiger partial charge in [0.15, 0.2) is 11.2 Å². The zero-order valence-electron chi connectivity index (χ0n) is 15.0. The molecule has 0 unspecified atom stereocenters. The van der Waals surface area contributed by atoms with Crippen molar-refractivity contribution in [1.29, 1.82) is 0 Å². The molecule has 0 aliphatic carbocycles. The highest BCUT2D eigenvalue weighted by atomic mass is 16.3. The highest BCUT2D eigenvalue weighted by Gasteiger charge is 2.21. The maximum Gasteiger partial charge on any atom is 0.287 e. The molecule has 134 valence electrons. The number of carbonyl (C=O) groups is 1. The summed E-state index contributed by atoms with van der Waals surface area (Å²) in [7, 11) is 0. The zero-order valence-corrected chi connectivity index (χ0v) is 15.0. The van der Waals surface area contributed by atoms with Gasteiger partial charge in [0.25, 0.3) is 5.91 Å². The normalized spacial score (nSPS) is 18.6. The van der Waals surface area contributed by atoms with Crippen LogP contribution in [0.1, 0.15) is 37.2 Å². The van der Waals surface area contributed by atoms with E-state index in [9.17, 15) is 9.59 Å². The number of hydrogen-bond donors (Lipinski definition) is 1. The highest BCUT2D eigenvalue weighted by Crippen LogP contribution is 2.17. The molecule has 0 saturated carbocycles. The van der Waals surface area contributed by atoms with Gasteiger partial charge in [-0.25, -0.2) is 0 Å². The van der Waals surface area contributed by atoms with Crippen LogP contribution in [0, 0.1) is 11.8 Å². The molecule has 5 heteroatoms. The lowest BCUT2D eigenvalue weighted by atomic mass is 9.97. The summed E-state index contributed by atoms with van der Waals surface area (Å²) in [4.78, 5) is 27.0. The van der Waals surface area contributed by atoms with E-state index in [2.05, 4.69) is 24.1 Å². The van der Waals surface area contributed by atoms with Crippen molar-refractivity contribution in [3.05, 3.63) is 46.3 Å². The zero-order chi connectivity index (χ0) is 17.8. The minimum atomic E-state index is -0.316. The van der Waals surface area contributed by atoms with Crippen LogP contribution in [0.2, 0.25) is 0 Å². The third kappa shape index (κ3) is 4.48. The van der Waals surface area contributed by atoms with Crippen LogP contribution in [-0.2, 0) is 0 Å². The molecule has 2 aromatic rings. The lowest BCUT2D eigenvalue weighted by Crippen LogP contribution is -2.42. The van der Waals surface area contributed by atoms with Gasteiger partial charge in [-0.2, -0.15) is 0 Å². The molecule has 0 spiro atoms. The Bertz CT molecular complexity index is 797. The molecule has 25 heavy (non-hydrogen) atoms. The number of hydrogen-bond acceptors (Lipinski definition) is 4. The monoisotopic (exact) mass is 342 g/mol. The summed E-state index contributed by atoms with van der Waals surface area (Å²) in [6.07, 6.45) is 2.29. The maximum atomic E-state index is 12.4. The Balaban J connectivity index is 1.62. The first-order valence-electron chi connectivity index (χ1n) is 9.06. The second-order valence-corrected chi connectivity index (χ2v) is 7.34. The SMILES string of the molecule is CC(C)CN1CCC[C@H](CNC(=O)c2cc(=O)c3ccccc3o2)C1.